The molecule has 0 aliphatic rings. The van der Waals surface area contributed by atoms with E-state index < -0.39 is 18.1 Å². The van der Waals surface area contributed by atoms with E-state index >= 15 is 4.39 Å². The monoisotopic (exact) mass is 437 g/mol. The first-order valence-electron chi connectivity index (χ1n) is 10.4. The normalized spacial score (nSPS) is 11.6. The van der Waals surface area contributed by atoms with Gasteiger partial charge in [-0.15, -0.1) is 5.10 Å². The van der Waals surface area contributed by atoms with Crippen molar-refractivity contribution in [1.29, 1.82) is 0 Å². The lowest BCUT2D eigenvalue weighted by Gasteiger charge is -2.17. The number of aliphatic hydroxyl groups excluding tert-OH is 1. The molecule has 0 saturated heterocycles. The topological polar surface area (TPSA) is 94.9 Å². The Morgan fingerprint density at radius 3 is 2.50 bits per heavy atom. The molecule has 4 aromatic rings. The Morgan fingerprint density at radius 1 is 1.16 bits per heavy atom. The molecule has 0 spiro atoms. The highest BCUT2D eigenvalue weighted by molar-refractivity contribution is 5.87. The third-order valence-corrected chi connectivity index (χ3v) is 5.63. The van der Waals surface area contributed by atoms with Gasteiger partial charge in [-0.05, 0) is 54.5 Å². The highest BCUT2D eigenvalue weighted by atomic mass is 19.1. The second kappa shape index (κ2) is 8.16. The first-order chi connectivity index (χ1) is 15.3. The zero-order valence-electron chi connectivity index (χ0n) is 18.3. The highest BCUT2D eigenvalue weighted by Gasteiger charge is 2.20. The van der Waals surface area contributed by atoms with E-state index in [9.17, 15) is 14.7 Å². The van der Waals surface area contributed by atoms with Gasteiger partial charge >= 0.3 is 5.69 Å². The first kappa shape index (κ1) is 21.6. The van der Waals surface area contributed by atoms with Gasteiger partial charge in [0.25, 0.3) is 5.56 Å². The summed E-state index contributed by atoms with van der Waals surface area (Å²) in [4.78, 5) is 30.2. The molecule has 0 bridgehead atoms. The Hall–Kier alpha value is -3.59. The number of pyridine rings is 2. The van der Waals surface area contributed by atoms with Crippen molar-refractivity contribution in [2.75, 3.05) is 0 Å². The molecule has 1 aromatic carbocycles. The maximum Gasteiger partial charge on any atom is 0.350 e. The van der Waals surface area contributed by atoms with Crippen molar-refractivity contribution in [2.45, 2.75) is 46.8 Å². The lowest BCUT2D eigenvalue weighted by molar-refractivity contribution is 0.264. The van der Waals surface area contributed by atoms with E-state index in [0.29, 0.717) is 11.1 Å². The van der Waals surface area contributed by atoms with E-state index in [2.05, 4.69) is 10.1 Å². The molecule has 0 atom stereocenters. The SMILES string of the molecule is CCn1c(CO)nn(-c2cc3c(C(C)C)cn(-c4cnccc4C)c(=O)c3cc2F)c1=O. The van der Waals surface area contributed by atoms with Crippen molar-refractivity contribution in [3.63, 3.8) is 0 Å². The molecular weight excluding hydrogens is 413 g/mol. The van der Waals surface area contributed by atoms with E-state index in [0.717, 1.165) is 21.9 Å². The minimum atomic E-state index is -0.752. The van der Waals surface area contributed by atoms with Crippen LogP contribution in [0.15, 0.2) is 46.4 Å². The summed E-state index contributed by atoms with van der Waals surface area (Å²) in [7, 11) is 0. The number of aryl methyl sites for hydroxylation is 1. The predicted octanol–water partition coefficient (Wildman–Crippen LogP) is 2.82. The molecule has 3 heterocycles. The molecule has 8 nitrogen and oxygen atoms in total. The number of hydrogen-bond donors (Lipinski definition) is 1. The van der Waals surface area contributed by atoms with Gasteiger partial charge in [-0.3, -0.25) is 18.9 Å². The number of hydrogen-bond acceptors (Lipinski definition) is 5. The van der Waals surface area contributed by atoms with Crippen molar-refractivity contribution in [1.82, 2.24) is 23.9 Å². The molecule has 0 radical (unpaired) electrons. The van der Waals surface area contributed by atoms with Crippen LogP contribution in [0.5, 0.6) is 0 Å². The van der Waals surface area contributed by atoms with Crippen LogP contribution in [0.3, 0.4) is 0 Å². The van der Waals surface area contributed by atoms with Crippen LogP contribution in [-0.2, 0) is 13.2 Å². The molecule has 9 heteroatoms. The minimum Gasteiger partial charge on any atom is -0.388 e. The smallest absolute Gasteiger partial charge is 0.350 e. The third-order valence-electron chi connectivity index (χ3n) is 5.63. The molecule has 0 amide bonds. The molecule has 166 valence electrons. The van der Waals surface area contributed by atoms with E-state index in [4.69, 9.17) is 0 Å². The van der Waals surface area contributed by atoms with E-state index in [1.54, 1.807) is 31.6 Å². The Kier molecular flexibility index (Phi) is 5.52. The molecule has 4 rings (SSSR count). The average molecular weight is 437 g/mol. The number of nitrogens with zero attached hydrogens (tertiary/aromatic N) is 5. The lowest BCUT2D eigenvalue weighted by Crippen LogP contribution is -2.25. The molecule has 3 aromatic heterocycles. The first-order valence-corrected chi connectivity index (χ1v) is 10.4. The number of fused-ring (bicyclic) bond motifs is 1. The Bertz CT molecular complexity index is 1450. The van der Waals surface area contributed by atoms with E-state index in [1.165, 1.54) is 15.2 Å². The molecule has 0 unspecified atom stereocenters. The molecular formula is C23H24FN5O3. The second-order valence-electron chi connectivity index (χ2n) is 7.94. The molecule has 0 aliphatic carbocycles. The molecule has 0 saturated carbocycles. The van der Waals surface area contributed by atoms with Crippen LogP contribution in [0.2, 0.25) is 0 Å². The number of aliphatic hydroxyl groups is 1. The van der Waals surface area contributed by atoms with Crippen molar-refractivity contribution in [2.24, 2.45) is 0 Å². The molecule has 32 heavy (non-hydrogen) atoms. The summed E-state index contributed by atoms with van der Waals surface area (Å²) in [6.45, 7) is 7.41. The van der Waals surface area contributed by atoms with Crippen LogP contribution in [0.25, 0.3) is 22.1 Å². The van der Waals surface area contributed by atoms with Gasteiger partial charge in [-0.2, -0.15) is 4.68 Å². The minimum absolute atomic E-state index is 0.0116. The van der Waals surface area contributed by atoms with Gasteiger partial charge in [0.05, 0.1) is 17.3 Å². The van der Waals surface area contributed by atoms with Crippen LogP contribution >= 0.6 is 0 Å². The summed E-state index contributed by atoms with van der Waals surface area (Å²) < 4.78 is 18.9. The number of aromatic nitrogens is 5. The lowest BCUT2D eigenvalue weighted by atomic mass is 9.97. The zero-order valence-corrected chi connectivity index (χ0v) is 18.3. The molecule has 1 N–H and O–H groups in total. The summed E-state index contributed by atoms with van der Waals surface area (Å²) in [5.74, 6) is -0.599. The summed E-state index contributed by atoms with van der Waals surface area (Å²) >= 11 is 0. The van der Waals surface area contributed by atoms with Gasteiger partial charge in [0.1, 0.15) is 18.1 Å². The van der Waals surface area contributed by atoms with Crippen LogP contribution in [0.1, 0.15) is 43.6 Å². The fraction of sp³-hybridized carbons (Fsp3) is 0.304. The van der Waals surface area contributed by atoms with E-state index in [1.807, 2.05) is 20.8 Å². The molecule has 0 aliphatic heterocycles. The van der Waals surface area contributed by atoms with Gasteiger partial charge in [-0.25, -0.2) is 9.18 Å². The maximum absolute atomic E-state index is 15.2. The van der Waals surface area contributed by atoms with Crippen molar-refractivity contribution >= 4 is 10.8 Å². The summed E-state index contributed by atoms with van der Waals surface area (Å²) in [5.41, 5.74) is 1.29. The quantitative estimate of drug-likeness (QED) is 0.518. The average Bonchev–Trinajstić information content (AvgIpc) is 3.09. The van der Waals surface area contributed by atoms with Crippen molar-refractivity contribution < 1.29 is 9.50 Å². The fourth-order valence-corrected chi connectivity index (χ4v) is 3.91. The van der Waals surface area contributed by atoms with Crippen molar-refractivity contribution in [3.05, 3.63) is 80.4 Å². The third kappa shape index (κ3) is 3.34. The van der Waals surface area contributed by atoms with Crippen LogP contribution < -0.4 is 11.2 Å². The fourth-order valence-electron chi connectivity index (χ4n) is 3.91. The summed E-state index contributed by atoms with van der Waals surface area (Å²) in [5, 5.41) is 14.4. The van der Waals surface area contributed by atoms with Gasteiger partial charge in [0, 0.05) is 18.9 Å². The van der Waals surface area contributed by atoms with Gasteiger partial charge in [0.2, 0.25) is 0 Å². The number of halogens is 1. The predicted molar refractivity (Wildman–Crippen MR) is 119 cm³/mol. The van der Waals surface area contributed by atoms with Gasteiger partial charge in [0.15, 0.2) is 5.82 Å². The largest absolute Gasteiger partial charge is 0.388 e. The summed E-state index contributed by atoms with van der Waals surface area (Å²) in [6.07, 6.45) is 4.99. The van der Waals surface area contributed by atoms with E-state index in [-0.39, 0.29) is 34.9 Å². The van der Waals surface area contributed by atoms with Crippen LogP contribution in [0.4, 0.5) is 4.39 Å². The van der Waals surface area contributed by atoms with Gasteiger partial charge in [-0.1, -0.05) is 13.8 Å². The standard InChI is InChI=1S/C23H24FN5O3/c1-5-27-21(12-30)26-29(23(27)32)19-9-15-16(8-18(19)24)22(31)28(11-17(15)13(2)3)20-10-25-7-6-14(20)4/h6-11,13,30H,5,12H2,1-4H3. The molecule has 0 fully saturated rings. The zero-order chi connectivity index (χ0) is 23.2. The van der Waals surface area contributed by atoms with Crippen LogP contribution in [0, 0.1) is 12.7 Å². The van der Waals surface area contributed by atoms with Crippen LogP contribution in [-0.4, -0.2) is 29.0 Å². The van der Waals surface area contributed by atoms with Gasteiger partial charge < -0.3 is 5.11 Å². The second-order valence-corrected chi connectivity index (χ2v) is 7.94. The number of rotatable bonds is 5. The summed E-state index contributed by atoms with van der Waals surface area (Å²) in [6, 6.07) is 4.44. The Balaban J connectivity index is 2.06. The van der Waals surface area contributed by atoms with Crippen molar-refractivity contribution in [3.8, 4) is 11.4 Å². The Morgan fingerprint density at radius 2 is 1.91 bits per heavy atom. The number of benzene rings is 1. The maximum atomic E-state index is 15.2. The highest BCUT2D eigenvalue weighted by Crippen LogP contribution is 2.28. The Labute approximate surface area is 183 Å².